The highest BCUT2D eigenvalue weighted by molar-refractivity contribution is 5.83. The van der Waals surface area contributed by atoms with Crippen molar-refractivity contribution < 1.29 is 4.79 Å². The number of allylic oxidation sites excluding steroid dienone is 1. The van der Waals surface area contributed by atoms with E-state index >= 15 is 0 Å². The number of benzene rings is 1. The van der Waals surface area contributed by atoms with Crippen LogP contribution in [0.3, 0.4) is 0 Å². The molecule has 0 unspecified atom stereocenters. The second-order valence-corrected chi connectivity index (χ2v) is 5.58. The number of Topliss-reactive ketones (excluding diaryl/α,β-unsaturated/α-hetero) is 1. The quantitative estimate of drug-likeness (QED) is 0.763. The largest absolute Gasteiger partial charge is 0.322 e. The molecular formula is C17H25NO. The minimum atomic E-state index is -0.370. The third-order valence-corrected chi connectivity index (χ3v) is 3.65. The number of hydrogen-bond donors (Lipinski definition) is 1. The van der Waals surface area contributed by atoms with E-state index in [4.69, 9.17) is 5.73 Å². The molecule has 0 aliphatic heterocycles. The van der Waals surface area contributed by atoms with E-state index in [1.54, 1.807) is 6.92 Å². The molecule has 3 atom stereocenters. The smallest absolute Gasteiger partial charge is 0.149 e. The van der Waals surface area contributed by atoms with E-state index in [0.29, 0.717) is 12.3 Å². The third kappa shape index (κ3) is 4.99. The summed E-state index contributed by atoms with van der Waals surface area (Å²) in [4.78, 5) is 11.8. The maximum Gasteiger partial charge on any atom is 0.149 e. The predicted octanol–water partition coefficient (Wildman–Crippen LogP) is 3.36. The summed E-state index contributed by atoms with van der Waals surface area (Å²) in [7, 11) is 0. The summed E-state index contributed by atoms with van der Waals surface area (Å²) < 4.78 is 0. The lowest BCUT2D eigenvalue weighted by molar-refractivity contribution is -0.121. The highest BCUT2D eigenvalue weighted by atomic mass is 16.1. The molecule has 0 saturated carbocycles. The number of ketones is 1. The van der Waals surface area contributed by atoms with Crippen molar-refractivity contribution in [1.82, 2.24) is 0 Å². The van der Waals surface area contributed by atoms with Crippen molar-refractivity contribution in [2.75, 3.05) is 0 Å². The second kappa shape index (κ2) is 7.25. The summed E-state index contributed by atoms with van der Waals surface area (Å²) in [5.41, 5.74) is 8.06. The average molecular weight is 259 g/mol. The molecule has 0 aliphatic carbocycles. The molecule has 0 fully saturated rings. The van der Waals surface area contributed by atoms with Crippen LogP contribution in [-0.2, 0) is 11.2 Å². The molecule has 19 heavy (non-hydrogen) atoms. The van der Waals surface area contributed by atoms with Gasteiger partial charge in [-0.1, -0.05) is 49.4 Å². The van der Waals surface area contributed by atoms with Gasteiger partial charge in [-0.3, -0.25) is 4.79 Å². The van der Waals surface area contributed by atoms with Crippen LogP contribution in [-0.4, -0.2) is 11.8 Å². The number of nitrogens with two attached hydrogens (primary N) is 1. The first-order valence-corrected chi connectivity index (χ1v) is 6.89. The number of carbonyl (C=O) groups is 1. The normalized spacial score (nSPS) is 15.6. The van der Waals surface area contributed by atoms with Crippen molar-refractivity contribution in [2.24, 2.45) is 17.6 Å². The van der Waals surface area contributed by atoms with E-state index in [0.717, 1.165) is 12.0 Å². The summed E-state index contributed by atoms with van der Waals surface area (Å²) in [6, 6.07) is 9.98. The van der Waals surface area contributed by atoms with Gasteiger partial charge in [0.15, 0.2) is 0 Å². The Morgan fingerprint density at radius 3 is 2.32 bits per heavy atom. The zero-order valence-electron chi connectivity index (χ0n) is 12.2. The van der Waals surface area contributed by atoms with E-state index in [-0.39, 0.29) is 17.7 Å². The van der Waals surface area contributed by atoms with Gasteiger partial charge < -0.3 is 5.73 Å². The van der Waals surface area contributed by atoms with Gasteiger partial charge in [-0.15, -0.1) is 0 Å². The molecule has 2 nitrogen and oxygen atoms in total. The summed E-state index contributed by atoms with van der Waals surface area (Å²) in [5, 5.41) is 0. The Labute approximate surface area is 116 Å². The number of carbonyl (C=O) groups excluding carboxylic acids is 1. The molecule has 1 aromatic rings. The highest BCUT2D eigenvalue weighted by Crippen LogP contribution is 2.26. The summed E-state index contributed by atoms with van der Waals surface area (Å²) in [6.45, 7) is 9.99. The lowest BCUT2D eigenvalue weighted by Gasteiger charge is -2.24. The summed E-state index contributed by atoms with van der Waals surface area (Å²) in [5.74, 6) is 0.730. The minimum Gasteiger partial charge on any atom is -0.322 e. The number of rotatable bonds is 7. The Morgan fingerprint density at radius 2 is 1.84 bits per heavy atom. The van der Waals surface area contributed by atoms with Crippen LogP contribution in [0.4, 0.5) is 0 Å². The molecule has 0 aromatic heterocycles. The molecule has 1 aromatic carbocycles. The molecule has 104 valence electrons. The van der Waals surface area contributed by atoms with E-state index in [1.165, 1.54) is 5.56 Å². The monoisotopic (exact) mass is 259 g/mol. The van der Waals surface area contributed by atoms with Crippen LogP contribution >= 0.6 is 0 Å². The molecule has 0 bridgehead atoms. The fraction of sp³-hybridized carbons (Fsp3) is 0.471. The van der Waals surface area contributed by atoms with Gasteiger partial charge in [-0.05, 0) is 37.7 Å². The Balaban J connectivity index is 2.72. The SMILES string of the molecule is C=C(C)[C@@H](Cc1ccccc1)[C@H](C)CC(=O)[C@H](C)N. The van der Waals surface area contributed by atoms with Crippen LogP contribution in [0.15, 0.2) is 42.5 Å². The van der Waals surface area contributed by atoms with Gasteiger partial charge in [0, 0.05) is 6.42 Å². The molecule has 0 amide bonds. The van der Waals surface area contributed by atoms with E-state index in [9.17, 15) is 4.79 Å². The first-order chi connectivity index (χ1) is 8.91. The van der Waals surface area contributed by atoms with Crippen LogP contribution in [0.25, 0.3) is 0 Å². The molecule has 0 spiro atoms. The topological polar surface area (TPSA) is 43.1 Å². The fourth-order valence-electron chi connectivity index (χ4n) is 2.37. The second-order valence-electron chi connectivity index (χ2n) is 5.58. The van der Waals surface area contributed by atoms with Gasteiger partial charge in [-0.25, -0.2) is 0 Å². The van der Waals surface area contributed by atoms with Crippen LogP contribution in [0.2, 0.25) is 0 Å². The zero-order valence-corrected chi connectivity index (χ0v) is 12.2. The average Bonchev–Trinajstić information content (AvgIpc) is 2.36. The van der Waals surface area contributed by atoms with Crippen LogP contribution < -0.4 is 5.73 Å². The first-order valence-electron chi connectivity index (χ1n) is 6.89. The summed E-state index contributed by atoms with van der Waals surface area (Å²) >= 11 is 0. The standard InChI is InChI=1S/C17H25NO/c1-12(2)16(11-15-8-6-5-7-9-15)13(3)10-17(19)14(4)18/h5-9,13-14,16H,1,10-11,18H2,2-4H3/t13-,14+,16-/m1/s1. The molecule has 0 saturated heterocycles. The van der Waals surface area contributed by atoms with Crippen LogP contribution in [0.5, 0.6) is 0 Å². The third-order valence-electron chi connectivity index (χ3n) is 3.65. The molecular weight excluding hydrogens is 234 g/mol. The zero-order chi connectivity index (χ0) is 14.4. The molecule has 2 N–H and O–H groups in total. The van der Waals surface area contributed by atoms with Gasteiger partial charge >= 0.3 is 0 Å². The lowest BCUT2D eigenvalue weighted by atomic mass is 9.80. The van der Waals surface area contributed by atoms with Crippen molar-refractivity contribution in [2.45, 2.75) is 39.7 Å². The maximum absolute atomic E-state index is 11.8. The minimum absolute atomic E-state index is 0.131. The van der Waals surface area contributed by atoms with E-state index in [1.807, 2.05) is 25.1 Å². The van der Waals surface area contributed by atoms with Gasteiger partial charge in [0.2, 0.25) is 0 Å². The first kappa shape index (κ1) is 15.6. The Hall–Kier alpha value is -1.41. The van der Waals surface area contributed by atoms with Crippen molar-refractivity contribution >= 4 is 5.78 Å². The van der Waals surface area contributed by atoms with Crippen molar-refractivity contribution in [3.63, 3.8) is 0 Å². The van der Waals surface area contributed by atoms with Crippen LogP contribution in [0, 0.1) is 11.8 Å². The summed E-state index contributed by atoms with van der Waals surface area (Å²) in [6.07, 6.45) is 1.46. The van der Waals surface area contributed by atoms with Gasteiger partial charge in [0.05, 0.1) is 6.04 Å². The Kier molecular flexibility index (Phi) is 5.97. The van der Waals surface area contributed by atoms with Crippen molar-refractivity contribution in [3.05, 3.63) is 48.0 Å². The maximum atomic E-state index is 11.8. The van der Waals surface area contributed by atoms with E-state index < -0.39 is 0 Å². The molecule has 0 aliphatic rings. The highest BCUT2D eigenvalue weighted by Gasteiger charge is 2.22. The Morgan fingerprint density at radius 1 is 1.26 bits per heavy atom. The molecule has 0 radical (unpaired) electrons. The van der Waals surface area contributed by atoms with Gasteiger partial charge in [-0.2, -0.15) is 0 Å². The molecule has 0 heterocycles. The van der Waals surface area contributed by atoms with Gasteiger partial charge in [0.1, 0.15) is 5.78 Å². The Bertz CT molecular complexity index is 422. The lowest BCUT2D eigenvalue weighted by Crippen LogP contribution is -2.30. The number of hydrogen-bond acceptors (Lipinski definition) is 2. The van der Waals surface area contributed by atoms with Crippen LogP contribution in [0.1, 0.15) is 32.8 Å². The fourth-order valence-corrected chi connectivity index (χ4v) is 2.37. The van der Waals surface area contributed by atoms with E-state index in [2.05, 4.69) is 25.6 Å². The van der Waals surface area contributed by atoms with Crippen molar-refractivity contribution in [1.29, 1.82) is 0 Å². The predicted molar refractivity (Wildman–Crippen MR) is 80.9 cm³/mol. The molecule has 1 rings (SSSR count). The molecule has 2 heteroatoms. The van der Waals surface area contributed by atoms with Crippen molar-refractivity contribution in [3.8, 4) is 0 Å². The van der Waals surface area contributed by atoms with Gasteiger partial charge in [0.25, 0.3) is 0 Å².